The zero-order chi connectivity index (χ0) is 8.43. The zero-order valence-electron chi connectivity index (χ0n) is 6.55. The maximum atomic E-state index is 11.0. The molecule has 0 aromatic carbocycles. The molecule has 11 heavy (non-hydrogen) atoms. The lowest BCUT2D eigenvalue weighted by Gasteiger charge is -1.98. The van der Waals surface area contributed by atoms with Crippen LogP contribution in [0.1, 0.15) is 12.6 Å². The Morgan fingerprint density at radius 3 is 2.64 bits per heavy atom. The van der Waals surface area contributed by atoms with E-state index in [-0.39, 0.29) is 11.2 Å². The van der Waals surface area contributed by atoms with Crippen LogP contribution >= 0.6 is 0 Å². The number of hydrogen-bond donors (Lipinski definition) is 1. The molecule has 0 aliphatic carbocycles. The molecule has 0 amide bonds. The molecule has 60 valence electrons. The van der Waals surface area contributed by atoms with Gasteiger partial charge in [-0.05, 0) is 13.8 Å². The molecule has 0 atom stereocenters. The van der Waals surface area contributed by atoms with Crippen molar-refractivity contribution in [1.29, 1.82) is 0 Å². The molecule has 0 unspecified atom stereocenters. The van der Waals surface area contributed by atoms with Gasteiger partial charge < -0.3 is 4.98 Å². The van der Waals surface area contributed by atoms with Crippen molar-refractivity contribution in [3.05, 3.63) is 32.6 Å². The van der Waals surface area contributed by atoms with Crippen molar-refractivity contribution in [2.45, 2.75) is 20.4 Å². The smallest absolute Gasteiger partial charge is 0.311 e. The first-order chi connectivity index (χ1) is 5.15. The first-order valence-electron chi connectivity index (χ1n) is 3.46. The topological polar surface area (TPSA) is 54.9 Å². The molecule has 1 aromatic heterocycles. The Morgan fingerprint density at radius 2 is 2.18 bits per heavy atom. The van der Waals surface area contributed by atoms with E-state index in [1.165, 1.54) is 6.07 Å². The van der Waals surface area contributed by atoms with E-state index in [2.05, 4.69) is 4.98 Å². The van der Waals surface area contributed by atoms with Gasteiger partial charge in [-0.25, -0.2) is 4.79 Å². The van der Waals surface area contributed by atoms with Gasteiger partial charge in [0.05, 0.1) is 0 Å². The van der Waals surface area contributed by atoms with Gasteiger partial charge in [0.2, 0.25) is 0 Å². The van der Waals surface area contributed by atoms with Gasteiger partial charge in [-0.15, -0.1) is 0 Å². The van der Waals surface area contributed by atoms with Crippen LogP contribution in [0.5, 0.6) is 0 Å². The lowest BCUT2D eigenvalue weighted by Crippen LogP contribution is -2.34. The average Bonchev–Trinajstić information content (AvgIpc) is 1.85. The molecule has 0 aliphatic heterocycles. The van der Waals surface area contributed by atoms with E-state index in [1.54, 1.807) is 13.8 Å². The number of aromatic amines is 1. The fraction of sp³-hybridized carbons (Fsp3) is 0.429. The molecular formula is C7H10N2O2. The van der Waals surface area contributed by atoms with Crippen LogP contribution in [0.3, 0.4) is 0 Å². The average molecular weight is 154 g/mol. The first kappa shape index (κ1) is 7.78. The van der Waals surface area contributed by atoms with E-state index in [0.717, 1.165) is 4.57 Å². The van der Waals surface area contributed by atoms with E-state index in [9.17, 15) is 9.59 Å². The van der Waals surface area contributed by atoms with Gasteiger partial charge in [-0.2, -0.15) is 0 Å². The van der Waals surface area contributed by atoms with Crippen molar-refractivity contribution in [1.82, 2.24) is 9.55 Å². The lowest BCUT2D eigenvalue weighted by atomic mass is 10.4. The van der Waals surface area contributed by atoms with Gasteiger partial charge in [0, 0.05) is 18.3 Å². The number of hydrogen-bond acceptors (Lipinski definition) is 2. The van der Waals surface area contributed by atoms with Crippen LogP contribution in [-0.2, 0) is 6.54 Å². The Bertz CT molecular complexity index is 330. The summed E-state index contributed by atoms with van der Waals surface area (Å²) in [6.07, 6.45) is 0. The highest BCUT2D eigenvalue weighted by atomic mass is 16.2. The monoisotopic (exact) mass is 154 g/mol. The molecule has 1 N–H and O–H groups in total. The summed E-state index contributed by atoms with van der Waals surface area (Å²) in [5.74, 6) is 0. The van der Waals surface area contributed by atoms with E-state index < -0.39 is 0 Å². The number of rotatable bonds is 1. The SMILES string of the molecule is CCn1c(=O)cc(C)[nH]c1=O. The minimum Gasteiger partial charge on any atom is -0.311 e. The summed E-state index contributed by atoms with van der Waals surface area (Å²) in [6.45, 7) is 3.85. The predicted molar refractivity (Wildman–Crippen MR) is 41.7 cm³/mol. The Balaban J connectivity index is 3.50. The van der Waals surface area contributed by atoms with Crippen LogP contribution in [0.4, 0.5) is 0 Å². The van der Waals surface area contributed by atoms with Crippen molar-refractivity contribution < 1.29 is 0 Å². The fourth-order valence-electron chi connectivity index (χ4n) is 0.935. The van der Waals surface area contributed by atoms with E-state index in [1.807, 2.05) is 0 Å². The molecular weight excluding hydrogens is 144 g/mol. The summed E-state index contributed by atoms with van der Waals surface area (Å²) in [5, 5.41) is 0. The normalized spacial score (nSPS) is 10.0. The highest BCUT2D eigenvalue weighted by Gasteiger charge is 1.97. The molecule has 0 bridgehead atoms. The molecule has 1 rings (SSSR count). The van der Waals surface area contributed by atoms with Crippen molar-refractivity contribution in [3.63, 3.8) is 0 Å². The third-order valence-electron chi connectivity index (χ3n) is 1.47. The molecule has 4 heteroatoms. The minimum absolute atomic E-state index is 0.242. The van der Waals surface area contributed by atoms with Gasteiger partial charge in [-0.1, -0.05) is 0 Å². The third-order valence-corrected chi connectivity index (χ3v) is 1.47. The minimum atomic E-state index is -0.336. The standard InChI is InChI=1S/C7H10N2O2/c1-3-9-6(10)4-5(2)8-7(9)11/h4H,3H2,1-2H3,(H,8,11). The van der Waals surface area contributed by atoms with Gasteiger partial charge in [0.15, 0.2) is 0 Å². The van der Waals surface area contributed by atoms with Crippen LogP contribution in [0.25, 0.3) is 0 Å². The summed E-state index contributed by atoms with van der Waals surface area (Å²) in [4.78, 5) is 24.6. The highest BCUT2D eigenvalue weighted by Crippen LogP contribution is 1.78. The van der Waals surface area contributed by atoms with Crippen LogP contribution in [0, 0.1) is 6.92 Å². The Kier molecular flexibility index (Phi) is 1.94. The second kappa shape index (κ2) is 2.74. The quantitative estimate of drug-likeness (QED) is 0.612. The van der Waals surface area contributed by atoms with Gasteiger partial charge in [-0.3, -0.25) is 9.36 Å². The zero-order valence-corrected chi connectivity index (χ0v) is 6.55. The summed E-state index contributed by atoms with van der Waals surface area (Å²) < 4.78 is 1.15. The van der Waals surface area contributed by atoms with Gasteiger partial charge in [0.25, 0.3) is 5.56 Å². The number of aryl methyl sites for hydroxylation is 1. The first-order valence-corrected chi connectivity index (χ1v) is 3.46. The largest absolute Gasteiger partial charge is 0.328 e. The second-order valence-corrected chi connectivity index (χ2v) is 2.34. The molecule has 0 spiro atoms. The van der Waals surface area contributed by atoms with Gasteiger partial charge >= 0.3 is 5.69 Å². The van der Waals surface area contributed by atoms with Gasteiger partial charge in [0.1, 0.15) is 0 Å². The highest BCUT2D eigenvalue weighted by molar-refractivity contribution is 4.96. The van der Waals surface area contributed by atoms with E-state index in [0.29, 0.717) is 12.2 Å². The lowest BCUT2D eigenvalue weighted by molar-refractivity contribution is 0.667. The fourth-order valence-corrected chi connectivity index (χ4v) is 0.935. The Morgan fingerprint density at radius 1 is 1.55 bits per heavy atom. The molecule has 1 heterocycles. The van der Waals surface area contributed by atoms with Crippen molar-refractivity contribution in [2.24, 2.45) is 0 Å². The number of H-pyrrole nitrogens is 1. The predicted octanol–water partition coefficient (Wildman–Crippen LogP) is -0.135. The summed E-state index contributed by atoms with van der Waals surface area (Å²) in [7, 11) is 0. The summed E-state index contributed by atoms with van der Waals surface area (Å²) in [5.41, 5.74) is 0.0240. The maximum absolute atomic E-state index is 11.0. The summed E-state index contributed by atoms with van der Waals surface area (Å²) >= 11 is 0. The molecule has 0 saturated heterocycles. The molecule has 0 radical (unpaired) electrons. The molecule has 0 fully saturated rings. The molecule has 0 saturated carbocycles. The Labute approximate surface area is 63.5 Å². The van der Waals surface area contributed by atoms with Crippen LogP contribution in [-0.4, -0.2) is 9.55 Å². The maximum Gasteiger partial charge on any atom is 0.328 e. The van der Waals surface area contributed by atoms with Crippen LogP contribution < -0.4 is 11.2 Å². The van der Waals surface area contributed by atoms with Crippen molar-refractivity contribution in [3.8, 4) is 0 Å². The third kappa shape index (κ3) is 1.39. The van der Waals surface area contributed by atoms with E-state index >= 15 is 0 Å². The number of nitrogens with zero attached hydrogens (tertiary/aromatic N) is 1. The number of aromatic nitrogens is 2. The molecule has 4 nitrogen and oxygen atoms in total. The van der Waals surface area contributed by atoms with Crippen LogP contribution in [0.2, 0.25) is 0 Å². The number of nitrogens with one attached hydrogen (secondary N) is 1. The van der Waals surface area contributed by atoms with Crippen LogP contribution in [0.15, 0.2) is 15.7 Å². The second-order valence-electron chi connectivity index (χ2n) is 2.34. The van der Waals surface area contributed by atoms with E-state index in [4.69, 9.17) is 0 Å². The molecule has 0 aliphatic rings. The Hall–Kier alpha value is -1.32. The molecule has 1 aromatic rings. The summed E-state index contributed by atoms with van der Waals surface area (Å²) in [6, 6.07) is 1.41. The van der Waals surface area contributed by atoms with Crippen molar-refractivity contribution in [2.75, 3.05) is 0 Å². The van der Waals surface area contributed by atoms with Crippen molar-refractivity contribution >= 4 is 0 Å².